The standard InChI is InChI=1S/C20H21ClN4O3/c1-13(11-28-18-4-2-3-7-27-18)25-10-16(15-9-22-12-24-20(15)25)19(26)17-8-14(21)5-6-23-17/h5-6,8-10,12-13,18H,2-4,7,11H2,1H3/t13-,18?/m1/s1. The van der Waals surface area contributed by atoms with Crippen LogP contribution in [0.1, 0.15) is 48.3 Å². The van der Waals surface area contributed by atoms with Crippen LogP contribution in [0.5, 0.6) is 0 Å². The molecule has 0 bridgehead atoms. The lowest BCUT2D eigenvalue weighted by molar-refractivity contribution is -0.166. The maximum atomic E-state index is 13.0. The number of ketones is 1. The summed E-state index contributed by atoms with van der Waals surface area (Å²) in [4.78, 5) is 25.6. The second-order valence-electron chi connectivity index (χ2n) is 6.88. The molecular formula is C20H21ClN4O3. The number of fused-ring (bicyclic) bond motifs is 1. The van der Waals surface area contributed by atoms with Gasteiger partial charge in [-0.1, -0.05) is 11.6 Å². The first kappa shape index (κ1) is 19.0. The van der Waals surface area contributed by atoms with Gasteiger partial charge < -0.3 is 14.0 Å². The monoisotopic (exact) mass is 400 g/mol. The van der Waals surface area contributed by atoms with Crippen molar-refractivity contribution in [3.05, 3.63) is 53.3 Å². The van der Waals surface area contributed by atoms with Crippen LogP contribution in [0.15, 0.2) is 37.1 Å². The van der Waals surface area contributed by atoms with Crippen molar-refractivity contribution in [2.45, 2.75) is 38.5 Å². The Labute approximate surface area is 167 Å². The average Bonchev–Trinajstić information content (AvgIpc) is 3.12. The largest absolute Gasteiger partial charge is 0.353 e. The molecule has 0 amide bonds. The summed E-state index contributed by atoms with van der Waals surface area (Å²) in [6.07, 6.45) is 9.38. The number of nitrogens with zero attached hydrogens (tertiary/aromatic N) is 4. The molecule has 4 rings (SSSR count). The Morgan fingerprint density at radius 2 is 2.32 bits per heavy atom. The minimum Gasteiger partial charge on any atom is -0.353 e. The van der Waals surface area contributed by atoms with E-state index >= 15 is 0 Å². The summed E-state index contributed by atoms with van der Waals surface area (Å²) in [5.41, 5.74) is 1.46. The molecule has 1 saturated heterocycles. The fraction of sp³-hybridized carbons (Fsp3) is 0.400. The van der Waals surface area contributed by atoms with E-state index in [-0.39, 0.29) is 23.8 Å². The third-order valence-electron chi connectivity index (χ3n) is 4.83. The maximum absolute atomic E-state index is 13.0. The molecule has 1 unspecified atom stereocenters. The predicted molar refractivity (Wildman–Crippen MR) is 104 cm³/mol. The highest BCUT2D eigenvalue weighted by atomic mass is 35.5. The SMILES string of the molecule is C[C@H](COC1CCCCO1)n1cc(C(=O)c2cc(Cl)ccn2)c2cncnc21. The molecule has 146 valence electrons. The molecule has 0 spiro atoms. The van der Waals surface area contributed by atoms with Crippen molar-refractivity contribution in [2.75, 3.05) is 13.2 Å². The molecule has 4 heterocycles. The zero-order chi connectivity index (χ0) is 19.5. The Kier molecular flexibility index (Phi) is 5.66. The van der Waals surface area contributed by atoms with Gasteiger partial charge in [0.15, 0.2) is 6.29 Å². The van der Waals surface area contributed by atoms with Gasteiger partial charge in [0, 0.05) is 35.6 Å². The highest BCUT2D eigenvalue weighted by Crippen LogP contribution is 2.26. The molecule has 0 aliphatic carbocycles. The quantitative estimate of drug-likeness (QED) is 0.585. The number of hydrogen-bond donors (Lipinski definition) is 0. The fourth-order valence-corrected chi connectivity index (χ4v) is 3.50. The van der Waals surface area contributed by atoms with E-state index in [4.69, 9.17) is 21.1 Å². The van der Waals surface area contributed by atoms with Gasteiger partial charge in [-0.15, -0.1) is 0 Å². The van der Waals surface area contributed by atoms with Crippen LogP contribution in [0, 0.1) is 0 Å². The highest BCUT2D eigenvalue weighted by molar-refractivity contribution is 6.31. The van der Waals surface area contributed by atoms with E-state index in [1.807, 2.05) is 11.5 Å². The van der Waals surface area contributed by atoms with Crippen LogP contribution in [-0.4, -0.2) is 44.8 Å². The van der Waals surface area contributed by atoms with E-state index in [9.17, 15) is 4.79 Å². The first-order chi connectivity index (χ1) is 13.6. The number of ether oxygens (including phenoxy) is 2. The van der Waals surface area contributed by atoms with Crippen molar-refractivity contribution >= 4 is 28.4 Å². The van der Waals surface area contributed by atoms with Crippen LogP contribution in [-0.2, 0) is 9.47 Å². The Morgan fingerprint density at radius 3 is 3.11 bits per heavy atom. The van der Waals surface area contributed by atoms with Crippen LogP contribution < -0.4 is 0 Å². The highest BCUT2D eigenvalue weighted by Gasteiger charge is 2.22. The predicted octanol–water partition coefficient (Wildman–Crippen LogP) is 3.81. The van der Waals surface area contributed by atoms with E-state index in [1.54, 1.807) is 24.5 Å². The van der Waals surface area contributed by atoms with Crippen molar-refractivity contribution in [3.63, 3.8) is 0 Å². The molecule has 8 heteroatoms. The molecule has 0 radical (unpaired) electrons. The number of carbonyl (C=O) groups excluding carboxylic acids is 1. The van der Waals surface area contributed by atoms with Crippen LogP contribution >= 0.6 is 11.6 Å². The minimum atomic E-state index is -0.218. The van der Waals surface area contributed by atoms with Gasteiger partial charge >= 0.3 is 0 Å². The van der Waals surface area contributed by atoms with Crippen LogP contribution in [0.3, 0.4) is 0 Å². The van der Waals surface area contributed by atoms with Gasteiger partial charge in [-0.05, 0) is 38.3 Å². The summed E-state index contributed by atoms with van der Waals surface area (Å²) in [7, 11) is 0. The third-order valence-corrected chi connectivity index (χ3v) is 5.06. The Morgan fingerprint density at radius 1 is 1.43 bits per heavy atom. The average molecular weight is 401 g/mol. The topological polar surface area (TPSA) is 79.1 Å². The maximum Gasteiger partial charge on any atom is 0.213 e. The summed E-state index contributed by atoms with van der Waals surface area (Å²) in [5, 5.41) is 1.14. The number of halogens is 1. The molecule has 2 atom stereocenters. The summed E-state index contributed by atoms with van der Waals surface area (Å²) in [5.74, 6) is -0.218. The van der Waals surface area contributed by atoms with Crippen LogP contribution in [0.4, 0.5) is 0 Å². The van der Waals surface area contributed by atoms with E-state index in [1.165, 1.54) is 12.5 Å². The number of hydrogen-bond acceptors (Lipinski definition) is 6. The molecule has 28 heavy (non-hydrogen) atoms. The Hall–Kier alpha value is -2.35. The second-order valence-corrected chi connectivity index (χ2v) is 7.31. The summed E-state index contributed by atoms with van der Waals surface area (Å²) in [6.45, 7) is 3.22. The molecule has 7 nitrogen and oxygen atoms in total. The van der Waals surface area contributed by atoms with E-state index < -0.39 is 0 Å². The molecule has 3 aromatic heterocycles. The smallest absolute Gasteiger partial charge is 0.213 e. The number of aromatic nitrogens is 4. The number of pyridine rings is 1. The molecule has 0 saturated carbocycles. The lowest BCUT2D eigenvalue weighted by Gasteiger charge is -2.24. The van der Waals surface area contributed by atoms with Crippen molar-refractivity contribution in [1.29, 1.82) is 0 Å². The van der Waals surface area contributed by atoms with Gasteiger partial charge in [0.2, 0.25) is 5.78 Å². The normalized spacial score (nSPS) is 18.3. The van der Waals surface area contributed by atoms with Crippen LogP contribution in [0.2, 0.25) is 5.02 Å². The van der Waals surface area contributed by atoms with Gasteiger partial charge in [0.1, 0.15) is 17.7 Å². The molecular weight excluding hydrogens is 380 g/mol. The van der Waals surface area contributed by atoms with E-state index in [0.717, 1.165) is 25.9 Å². The molecule has 1 fully saturated rings. The number of carbonyl (C=O) groups is 1. The van der Waals surface area contributed by atoms with Gasteiger partial charge in [-0.2, -0.15) is 0 Å². The zero-order valence-corrected chi connectivity index (χ0v) is 16.3. The first-order valence-corrected chi connectivity index (χ1v) is 9.71. The molecule has 1 aliphatic heterocycles. The van der Waals surface area contributed by atoms with Crippen LogP contribution in [0.25, 0.3) is 11.0 Å². The van der Waals surface area contributed by atoms with E-state index in [2.05, 4.69) is 15.0 Å². The molecule has 1 aliphatic rings. The van der Waals surface area contributed by atoms with Crippen molar-refractivity contribution in [2.24, 2.45) is 0 Å². The zero-order valence-electron chi connectivity index (χ0n) is 15.5. The van der Waals surface area contributed by atoms with Gasteiger partial charge in [0.05, 0.1) is 18.2 Å². The Balaban J connectivity index is 1.61. The lowest BCUT2D eigenvalue weighted by Crippen LogP contribution is -2.25. The fourth-order valence-electron chi connectivity index (χ4n) is 3.34. The van der Waals surface area contributed by atoms with Crippen molar-refractivity contribution < 1.29 is 14.3 Å². The Bertz CT molecular complexity index is 984. The van der Waals surface area contributed by atoms with Crippen molar-refractivity contribution in [3.8, 4) is 0 Å². The van der Waals surface area contributed by atoms with Gasteiger partial charge in [-0.3, -0.25) is 9.78 Å². The van der Waals surface area contributed by atoms with Gasteiger partial charge in [0.25, 0.3) is 0 Å². The minimum absolute atomic E-state index is 0.0307. The first-order valence-electron chi connectivity index (χ1n) is 9.33. The third kappa shape index (κ3) is 3.92. The molecule has 0 N–H and O–H groups in total. The summed E-state index contributed by atoms with van der Waals surface area (Å²) in [6, 6.07) is 3.16. The van der Waals surface area contributed by atoms with Gasteiger partial charge in [-0.25, -0.2) is 9.97 Å². The summed E-state index contributed by atoms with van der Waals surface area (Å²) < 4.78 is 13.5. The summed E-state index contributed by atoms with van der Waals surface area (Å²) >= 11 is 6.01. The second kappa shape index (κ2) is 8.34. The lowest BCUT2D eigenvalue weighted by atomic mass is 10.1. The molecule has 0 aromatic carbocycles. The van der Waals surface area contributed by atoms with Crippen molar-refractivity contribution in [1.82, 2.24) is 19.5 Å². The number of rotatable bonds is 6. The molecule has 3 aromatic rings. The van der Waals surface area contributed by atoms with E-state index in [0.29, 0.717) is 28.2 Å².